The van der Waals surface area contributed by atoms with E-state index in [0.717, 1.165) is 24.8 Å². The van der Waals surface area contributed by atoms with E-state index in [1.165, 1.54) is 23.4 Å². The SMILES string of the molecule is CN(Cc1nc(-c2ccc(F)cc2)no1)C1CCCc2c1cnn2C. The van der Waals surface area contributed by atoms with Crippen LogP contribution in [0.3, 0.4) is 0 Å². The summed E-state index contributed by atoms with van der Waals surface area (Å²) in [6, 6.07) is 6.39. The summed E-state index contributed by atoms with van der Waals surface area (Å²) in [7, 11) is 4.06. The number of halogens is 1. The Morgan fingerprint density at radius 2 is 2.12 bits per heavy atom. The highest BCUT2D eigenvalue weighted by molar-refractivity contribution is 5.53. The number of hydrogen-bond donors (Lipinski definition) is 0. The van der Waals surface area contributed by atoms with Gasteiger partial charge in [0.1, 0.15) is 5.82 Å². The fourth-order valence-corrected chi connectivity index (χ4v) is 3.50. The summed E-state index contributed by atoms with van der Waals surface area (Å²) >= 11 is 0. The molecule has 2 heterocycles. The summed E-state index contributed by atoms with van der Waals surface area (Å²) < 4.78 is 20.4. The van der Waals surface area contributed by atoms with Gasteiger partial charge in [-0.2, -0.15) is 10.1 Å². The van der Waals surface area contributed by atoms with Crippen molar-refractivity contribution >= 4 is 0 Å². The van der Waals surface area contributed by atoms with Crippen molar-refractivity contribution in [2.75, 3.05) is 7.05 Å². The Hall–Kier alpha value is -2.54. The molecule has 0 bridgehead atoms. The van der Waals surface area contributed by atoms with Crippen LogP contribution in [0.15, 0.2) is 35.0 Å². The molecule has 2 aromatic heterocycles. The van der Waals surface area contributed by atoms with Crippen LogP contribution in [0.2, 0.25) is 0 Å². The van der Waals surface area contributed by atoms with Crippen LogP contribution in [-0.4, -0.2) is 31.9 Å². The van der Waals surface area contributed by atoms with Gasteiger partial charge in [-0.3, -0.25) is 9.58 Å². The van der Waals surface area contributed by atoms with E-state index in [0.29, 0.717) is 24.3 Å². The second kappa shape index (κ2) is 6.40. The predicted molar refractivity (Wildman–Crippen MR) is 90.0 cm³/mol. The maximum absolute atomic E-state index is 13.0. The Kier molecular flexibility index (Phi) is 4.09. The Balaban J connectivity index is 1.50. The molecule has 3 aromatic rings. The van der Waals surface area contributed by atoms with Crippen LogP contribution in [0.25, 0.3) is 11.4 Å². The Bertz CT molecular complexity index is 870. The van der Waals surface area contributed by atoms with E-state index in [1.54, 1.807) is 12.1 Å². The average molecular weight is 341 g/mol. The quantitative estimate of drug-likeness (QED) is 0.730. The molecular formula is C18H20FN5O. The van der Waals surface area contributed by atoms with Crippen molar-refractivity contribution in [1.29, 1.82) is 0 Å². The van der Waals surface area contributed by atoms with Gasteiger partial charge in [-0.05, 0) is 50.6 Å². The van der Waals surface area contributed by atoms with E-state index >= 15 is 0 Å². The van der Waals surface area contributed by atoms with E-state index in [1.807, 2.05) is 17.9 Å². The van der Waals surface area contributed by atoms with Gasteiger partial charge in [0.25, 0.3) is 0 Å². The normalized spacial score (nSPS) is 17.0. The molecule has 1 unspecified atom stereocenters. The van der Waals surface area contributed by atoms with Gasteiger partial charge in [0.05, 0.1) is 12.7 Å². The molecular weight excluding hydrogens is 321 g/mol. The summed E-state index contributed by atoms with van der Waals surface area (Å²) in [5, 5.41) is 8.41. The lowest BCUT2D eigenvalue weighted by atomic mass is 9.92. The molecule has 1 aromatic carbocycles. The molecule has 7 heteroatoms. The molecule has 0 spiro atoms. The third-order valence-corrected chi connectivity index (χ3v) is 4.83. The van der Waals surface area contributed by atoms with Gasteiger partial charge in [0.15, 0.2) is 0 Å². The van der Waals surface area contributed by atoms with Gasteiger partial charge in [0.2, 0.25) is 11.7 Å². The first-order chi connectivity index (χ1) is 12.1. The minimum atomic E-state index is -0.281. The van der Waals surface area contributed by atoms with Gasteiger partial charge in [-0.15, -0.1) is 0 Å². The van der Waals surface area contributed by atoms with Crippen LogP contribution in [0.4, 0.5) is 4.39 Å². The van der Waals surface area contributed by atoms with E-state index in [4.69, 9.17) is 4.52 Å². The van der Waals surface area contributed by atoms with Crippen molar-refractivity contribution in [3.05, 3.63) is 53.4 Å². The van der Waals surface area contributed by atoms with Crippen molar-refractivity contribution in [2.45, 2.75) is 31.8 Å². The summed E-state index contributed by atoms with van der Waals surface area (Å²) in [5.41, 5.74) is 3.33. The standard InChI is InChI=1S/C18H20FN5O/c1-23(15-4-3-5-16-14(15)10-20-24(16)2)11-17-21-18(22-25-17)12-6-8-13(19)9-7-12/h6-10,15H,3-5,11H2,1-2H3. The third-order valence-electron chi connectivity index (χ3n) is 4.83. The van der Waals surface area contributed by atoms with Crippen LogP contribution < -0.4 is 0 Å². The largest absolute Gasteiger partial charge is 0.338 e. The minimum Gasteiger partial charge on any atom is -0.338 e. The van der Waals surface area contributed by atoms with Crippen LogP contribution in [-0.2, 0) is 20.0 Å². The monoisotopic (exact) mass is 341 g/mol. The number of aryl methyl sites for hydroxylation is 1. The zero-order valence-corrected chi connectivity index (χ0v) is 14.3. The van der Waals surface area contributed by atoms with Crippen LogP contribution in [0.5, 0.6) is 0 Å². The number of hydrogen-bond acceptors (Lipinski definition) is 5. The zero-order valence-electron chi connectivity index (χ0n) is 14.3. The van der Waals surface area contributed by atoms with Crippen molar-refractivity contribution < 1.29 is 8.91 Å². The lowest BCUT2D eigenvalue weighted by Crippen LogP contribution is -2.27. The van der Waals surface area contributed by atoms with Crippen LogP contribution in [0, 0.1) is 5.82 Å². The van der Waals surface area contributed by atoms with Crippen LogP contribution in [0.1, 0.15) is 36.0 Å². The predicted octanol–water partition coefficient (Wildman–Crippen LogP) is 3.12. The third kappa shape index (κ3) is 3.07. The molecule has 1 aliphatic carbocycles. The molecule has 6 nitrogen and oxygen atoms in total. The first-order valence-corrected chi connectivity index (χ1v) is 8.41. The van der Waals surface area contributed by atoms with Gasteiger partial charge < -0.3 is 4.52 Å². The first-order valence-electron chi connectivity index (χ1n) is 8.41. The van der Waals surface area contributed by atoms with Crippen LogP contribution >= 0.6 is 0 Å². The number of aromatic nitrogens is 4. The molecule has 0 aliphatic heterocycles. The van der Waals surface area contributed by atoms with Gasteiger partial charge in [-0.1, -0.05) is 5.16 Å². The minimum absolute atomic E-state index is 0.281. The summed E-state index contributed by atoms with van der Waals surface area (Å²) in [6.07, 6.45) is 5.28. The molecule has 0 N–H and O–H groups in total. The van der Waals surface area contributed by atoms with E-state index < -0.39 is 0 Å². The van der Waals surface area contributed by atoms with Crippen molar-refractivity contribution in [3.8, 4) is 11.4 Å². The van der Waals surface area contributed by atoms with E-state index in [-0.39, 0.29) is 5.82 Å². The highest BCUT2D eigenvalue weighted by Crippen LogP contribution is 2.33. The fraction of sp³-hybridized carbons (Fsp3) is 0.389. The Morgan fingerprint density at radius 3 is 2.92 bits per heavy atom. The fourth-order valence-electron chi connectivity index (χ4n) is 3.50. The molecule has 1 aliphatic rings. The van der Waals surface area contributed by atoms with Crippen molar-refractivity contribution in [1.82, 2.24) is 24.8 Å². The number of fused-ring (bicyclic) bond motifs is 1. The molecule has 4 rings (SSSR count). The first kappa shape index (κ1) is 16.0. The van der Waals surface area contributed by atoms with Gasteiger partial charge in [0, 0.05) is 29.9 Å². The highest BCUT2D eigenvalue weighted by Gasteiger charge is 2.27. The van der Waals surface area contributed by atoms with Gasteiger partial charge in [-0.25, -0.2) is 4.39 Å². The molecule has 0 radical (unpaired) electrons. The molecule has 0 saturated heterocycles. The van der Waals surface area contributed by atoms with Crippen molar-refractivity contribution in [2.24, 2.45) is 7.05 Å². The summed E-state index contributed by atoms with van der Waals surface area (Å²) in [5.74, 6) is 0.753. The van der Waals surface area contributed by atoms with E-state index in [9.17, 15) is 4.39 Å². The second-order valence-corrected chi connectivity index (χ2v) is 6.51. The summed E-state index contributed by atoms with van der Waals surface area (Å²) in [6.45, 7) is 0.563. The smallest absolute Gasteiger partial charge is 0.241 e. The maximum atomic E-state index is 13.0. The average Bonchev–Trinajstić information content (AvgIpc) is 3.23. The molecule has 0 fully saturated rings. The maximum Gasteiger partial charge on any atom is 0.241 e. The highest BCUT2D eigenvalue weighted by atomic mass is 19.1. The van der Waals surface area contributed by atoms with Crippen molar-refractivity contribution in [3.63, 3.8) is 0 Å². The topological polar surface area (TPSA) is 60.0 Å². The Morgan fingerprint density at radius 1 is 1.32 bits per heavy atom. The number of benzene rings is 1. The Labute approximate surface area is 145 Å². The molecule has 0 saturated carbocycles. The molecule has 1 atom stereocenters. The molecule has 0 amide bonds. The molecule has 25 heavy (non-hydrogen) atoms. The molecule has 130 valence electrons. The number of nitrogens with zero attached hydrogens (tertiary/aromatic N) is 5. The second-order valence-electron chi connectivity index (χ2n) is 6.51. The van der Waals surface area contributed by atoms with Gasteiger partial charge >= 0.3 is 0 Å². The van der Waals surface area contributed by atoms with E-state index in [2.05, 4.69) is 27.2 Å². The zero-order chi connectivity index (χ0) is 17.4. The number of rotatable bonds is 4. The lowest BCUT2D eigenvalue weighted by Gasteiger charge is -2.30. The lowest BCUT2D eigenvalue weighted by molar-refractivity contribution is 0.186. The summed E-state index contributed by atoms with van der Waals surface area (Å²) in [4.78, 5) is 6.67.